The highest BCUT2D eigenvalue weighted by Gasteiger charge is 2.16. The Morgan fingerprint density at radius 2 is 1.50 bits per heavy atom. The maximum Gasteiger partial charge on any atom is 0.227 e. The van der Waals surface area contributed by atoms with Gasteiger partial charge in [-0.05, 0) is 35.7 Å². The predicted molar refractivity (Wildman–Crippen MR) is 121 cm³/mol. The van der Waals surface area contributed by atoms with Crippen LogP contribution in [0.25, 0.3) is 0 Å². The summed E-state index contributed by atoms with van der Waals surface area (Å²) >= 11 is 0. The van der Waals surface area contributed by atoms with Crippen LogP contribution in [0.3, 0.4) is 0 Å². The first-order chi connectivity index (χ1) is 14.6. The summed E-state index contributed by atoms with van der Waals surface area (Å²) < 4.78 is 0. The van der Waals surface area contributed by atoms with Crippen LogP contribution in [0.1, 0.15) is 43.0 Å². The molecule has 0 heterocycles. The Labute approximate surface area is 178 Å². The van der Waals surface area contributed by atoms with Gasteiger partial charge in [0, 0.05) is 12.1 Å². The van der Waals surface area contributed by atoms with Gasteiger partial charge in [-0.15, -0.1) is 0 Å². The van der Waals surface area contributed by atoms with E-state index in [2.05, 4.69) is 5.32 Å². The average molecular weight is 401 g/mol. The molecule has 154 valence electrons. The molecular formula is C26H28N2O2. The van der Waals surface area contributed by atoms with E-state index in [9.17, 15) is 9.59 Å². The number of nitrogens with zero attached hydrogens (tertiary/aromatic N) is 1. The van der Waals surface area contributed by atoms with Crippen LogP contribution in [0, 0.1) is 0 Å². The second-order valence-corrected chi connectivity index (χ2v) is 7.37. The van der Waals surface area contributed by atoms with Crippen LogP contribution >= 0.6 is 0 Å². The fourth-order valence-electron chi connectivity index (χ4n) is 3.42. The van der Waals surface area contributed by atoms with Crippen LogP contribution in [-0.4, -0.2) is 11.8 Å². The van der Waals surface area contributed by atoms with Crippen LogP contribution in [-0.2, 0) is 22.6 Å². The number of carbonyl (C=O) groups excluding carboxylic acids is 2. The van der Waals surface area contributed by atoms with E-state index in [4.69, 9.17) is 0 Å². The first-order valence-corrected chi connectivity index (χ1v) is 10.3. The Balaban J connectivity index is 1.71. The minimum absolute atomic E-state index is 0.0417. The fraction of sp³-hybridized carbons (Fsp3) is 0.231. The van der Waals surface area contributed by atoms with Crippen molar-refractivity contribution in [3.05, 3.63) is 102 Å². The van der Waals surface area contributed by atoms with Gasteiger partial charge in [-0.25, -0.2) is 0 Å². The number of carbonyl (C=O) groups is 2. The van der Waals surface area contributed by atoms with E-state index in [0.717, 1.165) is 22.4 Å². The van der Waals surface area contributed by atoms with Gasteiger partial charge in [0.25, 0.3) is 0 Å². The molecule has 4 nitrogen and oxygen atoms in total. The van der Waals surface area contributed by atoms with Crippen molar-refractivity contribution in [2.24, 2.45) is 0 Å². The fourth-order valence-corrected chi connectivity index (χ4v) is 3.42. The number of nitrogens with one attached hydrogen (secondary N) is 1. The minimum Gasteiger partial charge on any atom is -0.349 e. The molecule has 0 fully saturated rings. The molecular weight excluding hydrogens is 372 g/mol. The van der Waals surface area contributed by atoms with Crippen molar-refractivity contribution in [1.29, 1.82) is 0 Å². The number of hydrogen-bond donors (Lipinski definition) is 1. The monoisotopic (exact) mass is 400 g/mol. The summed E-state index contributed by atoms with van der Waals surface area (Å²) in [5.41, 5.74) is 3.83. The van der Waals surface area contributed by atoms with Crippen LogP contribution in [0.4, 0.5) is 5.69 Å². The Morgan fingerprint density at radius 3 is 2.17 bits per heavy atom. The minimum atomic E-state index is -0.0573. The van der Waals surface area contributed by atoms with Crippen molar-refractivity contribution in [2.75, 3.05) is 4.90 Å². The highest BCUT2D eigenvalue weighted by Crippen LogP contribution is 2.21. The van der Waals surface area contributed by atoms with Gasteiger partial charge in [-0.3, -0.25) is 9.59 Å². The van der Waals surface area contributed by atoms with Gasteiger partial charge in [0.1, 0.15) is 0 Å². The average Bonchev–Trinajstić information content (AvgIpc) is 2.78. The molecule has 3 aromatic rings. The Morgan fingerprint density at radius 1 is 0.867 bits per heavy atom. The molecule has 0 aromatic heterocycles. The largest absolute Gasteiger partial charge is 0.349 e. The predicted octanol–water partition coefficient (Wildman–Crippen LogP) is 5.05. The SMILES string of the molecule is CCC(=O)N(Cc1ccccc1)c1cccc(CC(=O)NC(C)c2ccccc2)c1. The van der Waals surface area contributed by atoms with Gasteiger partial charge in [-0.2, -0.15) is 0 Å². The van der Waals surface area contributed by atoms with E-state index in [1.165, 1.54) is 0 Å². The summed E-state index contributed by atoms with van der Waals surface area (Å²) in [4.78, 5) is 26.9. The molecule has 0 bridgehead atoms. The third-order valence-electron chi connectivity index (χ3n) is 5.05. The molecule has 3 aromatic carbocycles. The third-order valence-corrected chi connectivity index (χ3v) is 5.05. The van der Waals surface area contributed by atoms with E-state index in [1.807, 2.05) is 98.8 Å². The van der Waals surface area contributed by atoms with Crippen molar-refractivity contribution in [2.45, 2.75) is 39.3 Å². The lowest BCUT2D eigenvalue weighted by Crippen LogP contribution is -2.30. The van der Waals surface area contributed by atoms with E-state index < -0.39 is 0 Å². The van der Waals surface area contributed by atoms with E-state index in [0.29, 0.717) is 13.0 Å². The number of anilines is 1. The van der Waals surface area contributed by atoms with Crippen LogP contribution in [0.15, 0.2) is 84.9 Å². The molecule has 0 spiro atoms. The number of amides is 2. The molecule has 0 aliphatic heterocycles. The lowest BCUT2D eigenvalue weighted by Gasteiger charge is -2.23. The molecule has 0 radical (unpaired) electrons. The first-order valence-electron chi connectivity index (χ1n) is 10.3. The second-order valence-electron chi connectivity index (χ2n) is 7.37. The number of hydrogen-bond acceptors (Lipinski definition) is 2. The van der Waals surface area contributed by atoms with Gasteiger partial charge in [-0.1, -0.05) is 79.7 Å². The molecule has 0 aliphatic rings. The zero-order valence-electron chi connectivity index (χ0n) is 17.5. The van der Waals surface area contributed by atoms with Gasteiger partial charge < -0.3 is 10.2 Å². The molecule has 1 N–H and O–H groups in total. The number of rotatable bonds is 8. The van der Waals surface area contributed by atoms with Crippen molar-refractivity contribution >= 4 is 17.5 Å². The molecule has 0 saturated heterocycles. The lowest BCUT2D eigenvalue weighted by molar-refractivity contribution is -0.121. The van der Waals surface area contributed by atoms with Crippen molar-refractivity contribution in [3.8, 4) is 0 Å². The summed E-state index contributed by atoms with van der Waals surface area (Å²) in [5, 5.41) is 3.05. The second kappa shape index (κ2) is 10.4. The topological polar surface area (TPSA) is 49.4 Å². The Kier molecular flexibility index (Phi) is 7.39. The zero-order valence-corrected chi connectivity index (χ0v) is 17.5. The summed E-state index contributed by atoms with van der Waals surface area (Å²) in [6.45, 7) is 4.35. The lowest BCUT2D eigenvalue weighted by atomic mass is 10.1. The molecule has 0 saturated carbocycles. The first kappa shape index (κ1) is 21.3. The van der Waals surface area contributed by atoms with Gasteiger partial charge in [0.15, 0.2) is 0 Å². The Hall–Kier alpha value is -3.40. The van der Waals surface area contributed by atoms with Crippen molar-refractivity contribution in [3.63, 3.8) is 0 Å². The van der Waals surface area contributed by atoms with Gasteiger partial charge in [0.05, 0.1) is 19.0 Å². The van der Waals surface area contributed by atoms with Gasteiger partial charge in [0.2, 0.25) is 11.8 Å². The number of benzene rings is 3. The van der Waals surface area contributed by atoms with Gasteiger partial charge >= 0.3 is 0 Å². The summed E-state index contributed by atoms with van der Waals surface area (Å²) in [5.74, 6) is 0.0121. The molecule has 1 atom stereocenters. The highest BCUT2D eigenvalue weighted by molar-refractivity contribution is 5.93. The molecule has 4 heteroatoms. The third kappa shape index (κ3) is 5.80. The quantitative estimate of drug-likeness (QED) is 0.575. The van der Waals surface area contributed by atoms with Crippen LogP contribution < -0.4 is 10.2 Å². The highest BCUT2D eigenvalue weighted by atomic mass is 16.2. The standard InChI is InChI=1S/C26H28N2O2/c1-3-26(30)28(19-21-11-6-4-7-12-21)24-16-10-13-22(17-24)18-25(29)27-20(2)23-14-8-5-9-15-23/h4-17,20H,3,18-19H2,1-2H3,(H,27,29). The van der Waals surface area contributed by atoms with Crippen LogP contribution in [0.5, 0.6) is 0 Å². The van der Waals surface area contributed by atoms with Crippen molar-refractivity contribution in [1.82, 2.24) is 5.32 Å². The van der Waals surface area contributed by atoms with E-state index >= 15 is 0 Å². The smallest absolute Gasteiger partial charge is 0.227 e. The molecule has 2 amide bonds. The molecule has 0 aliphatic carbocycles. The van der Waals surface area contributed by atoms with E-state index in [1.54, 1.807) is 4.90 Å². The summed E-state index contributed by atoms with van der Waals surface area (Å²) in [7, 11) is 0. The summed E-state index contributed by atoms with van der Waals surface area (Å²) in [6.07, 6.45) is 0.691. The van der Waals surface area contributed by atoms with Crippen LogP contribution in [0.2, 0.25) is 0 Å². The van der Waals surface area contributed by atoms with E-state index in [-0.39, 0.29) is 24.3 Å². The summed E-state index contributed by atoms with van der Waals surface area (Å²) in [6, 6.07) is 27.5. The Bertz CT molecular complexity index is 971. The normalized spacial score (nSPS) is 11.5. The molecule has 3 rings (SSSR count). The van der Waals surface area contributed by atoms with Crippen molar-refractivity contribution < 1.29 is 9.59 Å². The molecule has 30 heavy (non-hydrogen) atoms. The zero-order chi connectivity index (χ0) is 21.3. The maximum absolute atomic E-state index is 12.6. The maximum atomic E-state index is 12.6. The molecule has 1 unspecified atom stereocenters.